The van der Waals surface area contributed by atoms with Gasteiger partial charge in [0, 0.05) is 22.4 Å². The second-order valence-corrected chi connectivity index (χ2v) is 4.26. The normalized spacial score (nSPS) is 18.8. The third-order valence-electron chi connectivity index (χ3n) is 2.70. The van der Waals surface area contributed by atoms with Gasteiger partial charge in [-0.05, 0) is 25.3 Å². The van der Waals surface area contributed by atoms with Crippen LogP contribution in [0.15, 0.2) is 22.9 Å². The number of nitriles is 1. The van der Waals surface area contributed by atoms with Gasteiger partial charge in [0.2, 0.25) is 0 Å². The topological polar surface area (TPSA) is 36.7 Å². The summed E-state index contributed by atoms with van der Waals surface area (Å²) in [6.07, 6.45) is 6.61. The van der Waals surface area contributed by atoms with Gasteiger partial charge in [-0.25, -0.2) is 0 Å². The number of pyridine rings is 1. The predicted octanol–water partition coefficient (Wildman–Crippen LogP) is 2.79. The van der Waals surface area contributed by atoms with E-state index < -0.39 is 0 Å². The van der Waals surface area contributed by atoms with Crippen molar-refractivity contribution in [1.29, 1.82) is 5.26 Å². The molecule has 1 heterocycles. The number of hydrogen-bond donors (Lipinski definition) is 0. The van der Waals surface area contributed by atoms with Crippen LogP contribution >= 0.6 is 15.9 Å². The molecule has 0 radical (unpaired) electrons. The molecule has 0 unspecified atom stereocenters. The van der Waals surface area contributed by atoms with Crippen LogP contribution in [0.25, 0.3) is 0 Å². The highest BCUT2D eigenvalue weighted by Gasteiger charge is 2.40. The average molecular weight is 237 g/mol. The SMILES string of the molecule is N#CC1(c2cnccc2Br)CCC1. The van der Waals surface area contributed by atoms with Crippen LogP contribution < -0.4 is 0 Å². The summed E-state index contributed by atoms with van der Waals surface area (Å²) in [6, 6.07) is 4.30. The number of nitrogens with zero attached hydrogens (tertiary/aromatic N) is 2. The number of rotatable bonds is 1. The summed E-state index contributed by atoms with van der Waals surface area (Å²) < 4.78 is 1.00. The molecular formula is C10H9BrN2. The van der Waals surface area contributed by atoms with Crippen molar-refractivity contribution < 1.29 is 0 Å². The number of halogens is 1. The van der Waals surface area contributed by atoms with Gasteiger partial charge in [0.1, 0.15) is 0 Å². The first-order valence-electron chi connectivity index (χ1n) is 4.30. The van der Waals surface area contributed by atoms with Crippen molar-refractivity contribution in [2.45, 2.75) is 24.7 Å². The lowest BCUT2D eigenvalue weighted by molar-refractivity contribution is 0.322. The zero-order valence-electron chi connectivity index (χ0n) is 7.13. The van der Waals surface area contributed by atoms with Crippen molar-refractivity contribution in [2.24, 2.45) is 0 Å². The van der Waals surface area contributed by atoms with Crippen molar-refractivity contribution >= 4 is 15.9 Å². The Morgan fingerprint density at radius 1 is 1.54 bits per heavy atom. The first kappa shape index (κ1) is 8.71. The monoisotopic (exact) mass is 236 g/mol. The molecule has 1 aliphatic carbocycles. The van der Waals surface area contributed by atoms with E-state index in [-0.39, 0.29) is 5.41 Å². The molecule has 0 N–H and O–H groups in total. The fourth-order valence-electron chi connectivity index (χ4n) is 1.70. The van der Waals surface area contributed by atoms with Crippen LogP contribution in [0.3, 0.4) is 0 Å². The standard InChI is InChI=1S/C10H9BrN2/c11-9-2-5-13-6-8(9)10(7-12)3-1-4-10/h2,5-6H,1,3-4H2. The molecule has 13 heavy (non-hydrogen) atoms. The summed E-state index contributed by atoms with van der Waals surface area (Å²) >= 11 is 3.46. The van der Waals surface area contributed by atoms with Crippen LogP contribution in [-0.4, -0.2) is 4.98 Å². The molecule has 1 aromatic rings. The van der Waals surface area contributed by atoms with Crippen molar-refractivity contribution in [1.82, 2.24) is 4.98 Å². The summed E-state index contributed by atoms with van der Waals surface area (Å²) in [5, 5.41) is 9.12. The highest BCUT2D eigenvalue weighted by atomic mass is 79.9. The minimum absolute atomic E-state index is 0.257. The molecule has 1 aromatic heterocycles. The minimum atomic E-state index is -0.257. The lowest BCUT2D eigenvalue weighted by Crippen LogP contribution is -2.32. The predicted molar refractivity (Wildman–Crippen MR) is 53.1 cm³/mol. The van der Waals surface area contributed by atoms with Crippen molar-refractivity contribution in [3.8, 4) is 6.07 Å². The molecule has 1 aliphatic rings. The molecular weight excluding hydrogens is 228 g/mol. The molecule has 66 valence electrons. The first-order valence-corrected chi connectivity index (χ1v) is 5.09. The van der Waals surface area contributed by atoms with E-state index in [1.165, 1.54) is 0 Å². The summed E-state index contributed by atoms with van der Waals surface area (Å²) in [6.45, 7) is 0. The van der Waals surface area contributed by atoms with Gasteiger partial charge in [-0.1, -0.05) is 15.9 Å². The van der Waals surface area contributed by atoms with E-state index >= 15 is 0 Å². The lowest BCUT2D eigenvalue weighted by atomic mass is 9.66. The molecule has 0 amide bonds. The molecule has 1 saturated carbocycles. The molecule has 0 bridgehead atoms. The third-order valence-corrected chi connectivity index (χ3v) is 3.40. The van der Waals surface area contributed by atoms with E-state index in [0.29, 0.717) is 0 Å². The maximum absolute atomic E-state index is 9.12. The quantitative estimate of drug-likeness (QED) is 0.752. The van der Waals surface area contributed by atoms with Gasteiger partial charge in [-0.2, -0.15) is 5.26 Å². The van der Waals surface area contributed by atoms with Gasteiger partial charge in [-0.15, -0.1) is 0 Å². The van der Waals surface area contributed by atoms with Gasteiger partial charge in [0.05, 0.1) is 11.5 Å². The molecule has 3 heteroatoms. The maximum Gasteiger partial charge on any atom is 0.0848 e. The Labute approximate surface area is 85.7 Å². The highest BCUT2D eigenvalue weighted by Crippen LogP contribution is 2.45. The van der Waals surface area contributed by atoms with E-state index in [9.17, 15) is 0 Å². The zero-order valence-corrected chi connectivity index (χ0v) is 8.71. The number of aromatic nitrogens is 1. The Bertz CT molecular complexity index is 363. The second kappa shape index (κ2) is 3.12. The van der Waals surface area contributed by atoms with Crippen LogP contribution in [0.4, 0.5) is 0 Å². The number of hydrogen-bond acceptors (Lipinski definition) is 2. The summed E-state index contributed by atoms with van der Waals surface area (Å²) in [4.78, 5) is 4.06. The Hall–Kier alpha value is -0.880. The smallest absolute Gasteiger partial charge is 0.0848 e. The van der Waals surface area contributed by atoms with Gasteiger partial charge in [-0.3, -0.25) is 4.98 Å². The first-order chi connectivity index (χ1) is 6.28. The van der Waals surface area contributed by atoms with E-state index in [2.05, 4.69) is 27.0 Å². The van der Waals surface area contributed by atoms with Crippen LogP contribution in [0, 0.1) is 11.3 Å². The zero-order chi connectivity index (χ0) is 9.31. The molecule has 0 saturated heterocycles. The van der Waals surface area contributed by atoms with Crippen LogP contribution in [0.5, 0.6) is 0 Å². The molecule has 2 nitrogen and oxygen atoms in total. The summed E-state index contributed by atoms with van der Waals surface area (Å²) in [7, 11) is 0. The van der Waals surface area contributed by atoms with Crippen LogP contribution in [0.1, 0.15) is 24.8 Å². The van der Waals surface area contributed by atoms with Gasteiger partial charge >= 0.3 is 0 Å². The van der Waals surface area contributed by atoms with E-state index in [0.717, 1.165) is 29.3 Å². The highest BCUT2D eigenvalue weighted by molar-refractivity contribution is 9.10. The van der Waals surface area contributed by atoms with Gasteiger partial charge < -0.3 is 0 Å². The van der Waals surface area contributed by atoms with Gasteiger partial charge in [0.25, 0.3) is 0 Å². The lowest BCUT2D eigenvalue weighted by Gasteiger charge is -2.35. The van der Waals surface area contributed by atoms with Crippen LogP contribution in [-0.2, 0) is 5.41 Å². The summed E-state index contributed by atoms with van der Waals surface area (Å²) in [5.41, 5.74) is 0.788. The van der Waals surface area contributed by atoms with Gasteiger partial charge in [0.15, 0.2) is 0 Å². The summed E-state index contributed by atoms with van der Waals surface area (Å²) in [5.74, 6) is 0. The molecule has 0 atom stereocenters. The Kier molecular flexibility index (Phi) is 2.09. The fourth-order valence-corrected chi connectivity index (χ4v) is 2.30. The maximum atomic E-state index is 9.12. The Balaban J connectivity index is 2.46. The molecule has 0 aliphatic heterocycles. The third kappa shape index (κ3) is 1.26. The molecule has 0 spiro atoms. The molecule has 2 rings (SSSR count). The second-order valence-electron chi connectivity index (χ2n) is 3.40. The largest absolute Gasteiger partial charge is 0.264 e. The van der Waals surface area contributed by atoms with E-state index in [1.807, 2.05) is 6.07 Å². The molecule has 0 aromatic carbocycles. The van der Waals surface area contributed by atoms with Crippen molar-refractivity contribution in [2.75, 3.05) is 0 Å². The van der Waals surface area contributed by atoms with Crippen LogP contribution in [0.2, 0.25) is 0 Å². The Morgan fingerprint density at radius 2 is 2.31 bits per heavy atom. The van der Waals surface area contributed by atoms with E-state index in [1.54, 1.807) is 12.4 Å². The molecule has 1 fully saturated rings. The van der Waals surface area contributed by atoms with Crippen molar-refractivity contribution in [3.05, 3.63) is 28.5 Å². The fraction of sp³-hybridized carbons (Fsp3) is 0.400. The minimum Gasteiger partial charge on any atom is -0.264 e. The van der Waals surface area contributed by atoms with E-state index in [4.69, 9.17) is 5.26 Å². The average Bonchev–Trinajstić information content (AvgIpc) is 2.07. The van der Waals surface area contributed by atoms with Crippen molar-refractivity contribution in [3.63, 3.8) is 0 Å². The Morgan fingerprint density at radius 3 is 2.77 bits per heavy atom.